The molecule has 12 heteroatoms. The number of aromatic nitrogens is 4. The van der Waals surface area contributed by atoms with Gasteiger partial charge in [0.25, 0.3) is 0 Å². The van der Waals surface area contributed by atoms with Gasteiger partial charge in [-0.2, -0.15) is 26.3 Å². The Balaban J connectivity index is 1.32. The summed E-state index contributed by atoms with van der Waals surface area (Å²) in [5.41, 5.74) is -0.646. The zero-order chi connectivity index (χ0) is 30.5. The first-order valence-electron chi connectivity index (χ1n) is 14.9. The molecule has 0 amide bonds. The maximum Gasteiger partial charge on any atom is 0.416 e. The van der Waals surface area contributed by atoms with Gasteiger partial charge < -0.3 is 19.0 Å². The molecular weight excluding hydrogens is 574 g/mol. The van der Waals surface area contributed by atoms with E-state index in [1.165, 1.54) is 23.3 Å². The second-order valence-corrected chi connectivity index (χ2v) is 12.2. The van der Waals surface area contributed by atoms with Gasteiger partial charge in [-0.3, -0.25) is 0 Å². The molecule has 6 nitrogen and oxygen atoms in total. The molecule has 2 aliphatic carbocycles. The highest BCUT2D eigenvalue weighted by Gasteiger charge is 2.37. The van der Waals surface area contributed by atoms with Crippen LogP contribution in [0.2, 0.25) is 0 Å². The van der Waals surface area contributed by atoms with Crippen LogP contribution in [-0.2, 0) is 12.4 Å². The summed E-state index contributed by atoms with van der Waals surface area (Å²) in [5.74, 6) is -0.532. The van der Waals surface area contributed by atoms with Crippen molar-refractivity contribution >= 4 is 11.0 Å². The molecule has 0 saturated heterocycles. The van der Waals surface area contributed by atoms with Gasteiger partial charge in [0.15, 0.2) is 0 Å². The summed E-state index contributed by atoms with van der Waals surface area (Å²) in [4.78, 5) is 8.47. The van der Waals surface area contributed by atoms with Crippen molar-refractivity contribution in [2.75, 3.05) is 0 Å². The normalized spacial score (nSPS) is 22.3. The van der Waals surface area contributed by atoms with Gasteiger partial charge in [0, 0.05) is 5.92 Å². The van der Waals surface area contributed by atoms with E-state index in [0.717, 1.165) is 56.4 Å². The summed E-state index contributed by atoms with van der Waals surface area (Å²) >= 11 is 0. The number of rotatable bonds is 6. The van der Waals surface area contributed by atoms with E-state index >= 15 is 0 Å². The average Bonchev–Trinajstić information content (AvgIpc) is 3.63. The molecule has 0 aliphatic heterocycles. The Hall–Kier alpha value is -3.12. The van der Waals surface area contributed by atoms with Gasteiger partial charge in [0.2, 0.25) is 0 Å². The fraction of sp³-hybridized carbons (Fsp3) is 0.548. The highest BCUT2D eigenvalue weighted by Crippen LogP contribution is 2.45. The second-order valence-electron chi connectivity index (χ2n) is 12.2. The molecule has 2 unspecified atom stereocenters. The lowest BCUT2D eigenvalue weighted by Crippen LogP contribution is -2.23. The van der Waals surface area contributed by atoms with Crippen molar-refractivity contribution < 1.29 is 36.6 Å². The number of aliphatic hydroxyl groups is 2. The molecule has 2 N–H and O–H groups in total. The number of hydrogen-bond acceptors (Lipinski definition) is 4. The van der Waals surface area contributed by atoms with Crippen LogP contribution < -0.4 is 0 Å². The van der Waals surface area contributed by atoms with Crippen molar-refractivity contribution in [1.82, 2.24) is 18.8 Å². The van der Waals surface area contributed by atoms with Crippen molar-refractivity contribution in [3.8, 4) is 0 Å². The molecule has 4 aromatic rings. The van der Waals surface area contributed by atoms with Gasteiger partial charge in [-0.1, -0.05) is 38.5 Å². The number of hydrogen-bond donors (Lipinski definition) is 2. The predicted octanol–water partition coefficient (Wildman–Crippen LogP) is 8.03. The predicted molar refractivity (Wildman–Crippen MR) is 146 cm³/mol. The van der Waals surface area contributed by atoms with E-state index in [9.17, 15) is 36.6 Å². The largest absolute Gasteiger partial charge is 0.416 e. The Labute approximate surface area is 244 Å². The number of nitrogens with zero attached hydrogens (tertiary/aromatic N) is 4. The molecule has 4 atom stereocenters. The van der Waals surface area contributed by atoms with Gasteiger partial charge >= 0.3 is 12.4 Å². The van der Waals surface area contributed by atoms with Gasteiger partial charge in [-0.05, 0) is 61.8 Å². The number of halogens is 6. The first-order chi connectivity index (χ1) is 20.4. The monoisotopic (exact) mass is 608 g/mol. The van der Waals surface area contributed by atoms with Crippen LogP contribution in [0.1, 0.15) is 111 Å². The van der Waals surface area contributed by atoms with Gasteiger partial charge in [0.05, 0.1) is 70.3 Å². The van der Waals surface area contributed by atoms with Crippen LogP contribution in [0.5, 0.6) is 0 Å². The van der Waals surface area contributed by atoms with Crippen molar-refractivity contribution in [1.29, 1.82) is 0 Å². The molecule has 0 radical (unpaired) electrons. The molecule has 6 rings (SSSR count). The maximum atomic E-state index is 14.0. The Kier molecular flexibility index (Phi) is 7.95. The molecule has 43 heavy (non-hydrogen) atoms. The van der Waals surface area contributed by atoms with E-state index in [0.29, 0.717) is 37.8 Å². The maximum absolute atomic E-state index is 14.0. The van der Waals surface area contributed by atoms with Gasteiger partial charge in [-0.15, -0.1) is 0 Å². The molecule has 2 saturated carbocycles. The summed E-state index contributed by atoms with van der Waals surface area (Å²) in [6.07, 6.45) is 0.0938. The summed E-state index contributed by atoms with van der Waals surface area (Å²) in [5, 5.41) is 22.5. The first kappa shape index (κ1) is 29.9. The third-order valence-corrected chi connectivity index (χ3v) is 9.39. The van der Waals surface area contributed by atoms with Crippen LogP contribution in [0.15, 0.2) is 43.1 Å². The Morgan fingerprint density at radius 3 is 2.21 bits per heavy atom. The average molecular weight is 609 g/mol. The Morgan fingerprint density at radius 2 is 1.49 bits per heavy atom. The van der Waals surface area contributed by atoms with Gasteiger partial charge in [-0.25, -0.2) is 9.97 Å². The zero-order valence-corrected chi connectivity index (χ0v) is 23.5. The number of aliphatic hydroxyl groups excluding tert-OH is 2. The van der Waals surface area contributed by atoms with E-state index < -0.39 is 41.6 Å². The van der Waals surface area contributed by atoms with Crippen molar-refractivity contribution in [3.05, 3.63) is 71.3 Å². The summed E-state index contributed by atoms with van der Waals surface area (Å²) in [6.45, 7) is 0. The van der Waals surface area contributed by atoms with Crippen molar-refractivity contribution in [2.45, 2.75) is 94.7 Å². The number of alkyl halides is 6. The van der Waals surface area contributed by atoms with Gasteiger partial charge in [0.1, 0.15) is 0 Å². The standard InChI is InChI=1S/C31H34F6N4O2/c32-30(33,34)21-11-23-15-38-16-40(23)26(14-21)29(43)20-8-4-7-19(10-20)28-25-13-22(31(35,36)37)12-24(41(25)17-39-28)27(42)9-18-5-2-1-3-6-18/h11-20,27,29,42-43H,1-10H2/t19?,20?,27-,29-/m0/s1. The number of pyridine rings is 2. The van der Waals surface area contributed by atoms with Crippen LogP contribution >= 0.6 is 0 Å². The van der Waals surface area contributed by atoms with Crippen molar-refractivity contribution in [3.63, 3.8) is 0 Å². The van der Waals surface area contributed by atoms with Crippen LogP contribution in [0, 0.1) is 11.8 Å². The fourth-order valence-electron chi connectivity index (χ4n) is 7.19. The lowest BCUT2D eigenvalue weighted by Gasteiger charge is -2.32. The van der Waals surface area contributed by atoms with E-state index in [1.54, 1.807) is 4.40 Å². The van der Waals surface area contributed by atoms with Crippen LogP contribution in [0.3, 0.4) is 0 Å². The molecule has 2 aliphatic rings. The van der Waals surface area contributed by atoms with E-state index in [2.05, 4.69) is 9.97 Å². The summed E-state index contributed by atoms with van der Waals surface area (Å²) in [6, 6.07) is 3.97. The second kappa shape index (κ2) is 11.4. The molecule has 0 bridgehead atoms. The Morgan fingerprint density at radius 1 is 0.791 bits per heavy atom. The molecule has 0 aromatic carbocycles. The molecule has 0 spiro atoms. The lowest BCUT2D eigenvalue weighted by molar-refractivity contribution is -0.138. The quantitative estimate of drug-likeness (QED) is 0.217. The Bertz CT molecular complexity index is 1590. The highest BCUT2D eigenvalue weighted by molar-refractivity contribution is 5.57. The minimum atomic E-state index is -4.63. The smallest absolute Gasteiger partial charge is 0.387 e. The number of fused-ring (bicyclic) bond motifs is 2. The molecule has 4 heterocycles. The summed E-state index contributed by atoms with van der Waals surface area (Å²) in [7, 11) is 0. The molecule has 232 valence electrons. The number of imidazole rings is 2. The summed E-state index contributed by atoms with van der Waals surface area (Å²) < 4.78 is 86.0. The van der Waals surface area contributed by atoms with Crippen LogP contribution in [0.4, 0.5) is 26.3 Å². The van der Waals surface area contributed by atoms with Crippen LogP contribution in [0.25, 0.3) is 11.0 Å². The topological polar surface area (TPSA) is 75.1 Å². The minimum absolute atomic E-state index is 0.0650. The van der Waals surface area contributed by atoms with E-state index in [1.807, 2.05) is 0 Å². The van der Waals surface area contributed by atoms with Crippen LogP contribution in [-0.4, -0.2) is 29.0 Å². The zero-order valence-electron chi connectivity index (χ0n) is 23.5. The fourth-order valence-corrected chi connectivity index (χ4v) is 7.19. The van der Waals surface area contributed by atoms with E-state index in [4.69, 9.17) is 0 Å². The third-order valence-electron chi connectivity index (χ3n) is 9.39. The molecule has 4 aromatic heterocycles. The lowest BCUT2D eigenvalue weighted by atomic mass is 9.76. The van der Waals surface area contributed by atoms with Crippen molar-refractivity contribution in [2.24, 2.45) is 11.8 Å². The molecular formula is C31H34F6N4O2. The molecule has 2 fully saturated rings. The third kappa shape index (κ3) is 6.00. The SMILES string of the molecule is O[C@H](c1cc(C(F)(F)F)cc2cncn12)C1CCCC(c2ncn3c([C@@H](O)CC4CCCCC4)cc(C(F)(F)F)cc23)C1. The highest BCUT2D eigenvalue weighted by atomic mass is 19.4. The first-order valence-corrected chi connectivity index (χ1v) is 14.9. The minimum Gasteiger partial charge on any atom is -0.387 e. The van der Waals surface area contributed by atoms with E-state index in [-0.39, 0.29) is 34.3 Å².